The van der Waals surface area contributed by atoms with Crippen LogP contribution in [0.2, 0.25) is 0 Å². The maximum Gasteiger partial charge on any atom is 0.119 e. The van der Waals surface area contributed by atoms with Gasteiger partial charge < -0.3 is 4.74 Å². The fraction of sp³-hybridized carbons (Fsp3) is 0.222. The van der Waals surface area contributed by atoms with Gasteiger partial charge in [-0.05, 0) is 41.3 Å². The molecule has 0 fully saturated rings. The fourth-order valence-corrected chi connectivity index (χ4v) is 1.94. The van der Waals surface area contributed by atoms with E-state index in [4.69, 9.17) is 4.74 Å². The highest BCUT2D eigenvalue weighted by Crippen LogP contribution is 2.23. The molecule has 0 bridgehead atoms. The van der Waals surface area contributed by atoms with Gasteiger partial charge in [-0.25, -0.2) is 4.39 Å². The van der Waals surface area contributed by atoms with E-state index in [1.807, 2.05) is 48.5 Å². The largest absolute Gasteiger partial charge is 0.494 e. The molecular weight excluding hydrogens is 251 g/mol. The van der Waals surface area contributed by atoms with E-state index in [-0.39, 0.29) is 0 Å². The molecule has 0 unspecified atom stereocenters. The normalized spacial score (nSPS) is 10.9. The van der Waals surface area contributed by atoms with Crippen molar-refractivity contribution in [1.29, 1.82) is 0 Å². The van der Waals surface area contributed by atoms with Crippen LogP contribution in [0, 0.1) is 0 Å². The summed E-state index contributed by atoms with van der Waals surface area (Å²) < 4.78 is 17.7. The van der Waals surface area contributed by atoms with Crippen LogP contribution < -0.4 is 4.74 Å². The third-order valence-electron chi connectivity index (χ3n) is 3.12. The van der Waals surface area contributed by atoms with E-state index in [1.165, 1.54) is 6.08 Å². The average Bonchev–Trinajstić information content (AvgIpc) is 2.49. The summed E-state index contributed by atoms with van der Waals surface area (Å²) in [6, 6.07) is 15.8. The Morgan fingerprint density at radius 3 is 2.10 bits per heavy atom. The van der Waals surface area contributed by atoms with Crippen molar-refractivity contribution in [2.24, 2.45) is 0 Å². The van der Waals surface area contributed by atoms with Gasteiger partial charge in [0.2, 0.25) is 0 Å². The van der Waals surface area contributed by atoms with Crippen LogP contribution in [-0.4, -0.2) is 6.61 Å². The molecule has 0 aliphatic heterocycles. The van der Waals surface area contributed by atoms with Gasteiger partial charge >= 0.3 is 0 Å². The molecule has 2 heteroatoms. The summed E-state index contributed by atoms with van der Waals surface area (Å²) in [6.07, 6.45) is 4.20. The standard InChI is InChI=1S/C18H19FO/c1-2-3-14-20-18-10-8-17(9-11-18)16-6-4-15(5-7-16)12-13-19/h4-13H,2-3,14H2,1H3. The molecule has 104 valence electrons. The Morgan fingerprint density at radius 1 is 0.950 bits per heavy atom. The highest BCUT2D eigenvalue weighted by Gasteiger charge is 1.99. The molecule has 1 nitrogen and oxygen atoms in total. The van der Waals surface area contributed by atoms with E-state index in [9.17, 15) is 4.39 Å². The molecule has 0 amide bonds. The second-order valence-corrected chi connectivity index (χ2v) is 4.64. The van der Waals surface area contributed by atoms with E-state index in [2.05, 4.69) is 6.92 Å². The summed E-state index contributed by atoms with van der Waals surface area (Å²) >= 11 is 0. The number of halogens is 1. The van der Waals surface area contributed by atoms with Gasteiger partial charge in [0.25, 0.3) is 0 Å². The van der Waals surface area contributed by atoms with E-state index in [0.717, 1.165) is 41.9 Å². The van der Waals surface area contributed by atoms with Gasteiger partial charge in [0, 0.05) is 0 Å². The lowest BCUT2D eigenvalue weighted by molar-refractivity contribution is 0.309. The third-order valence-corrected chi connectivity index (χ3v) is 3.12. The molecule has 0 saturated carbocycles. The molecule has 20 heavy (non-hydrogen) atoms. The van der Waals surface area contributed by atoms with Crippen molar-refractivity contribution >= 4 is 6.08 Å². The summed E-state index contributed by atoms with van der Waals surface area (Å²) in [5.74, 6) is 0.902. The van der Waals surface area contributed by atoms with Gasteiger partial charge in [-0.3, -0.25) is 0 Å². The minimum absolute atomic E-state index is 0.553. The van der Waals surface area contributed by atoms with Gasteiger partial charge in [0.1, 0.15) is 5.75 Å². The van der Waals surface area contributed by atoms with Crippen LogP contribution >= 0.6 is 0 Å². The third kappa shape index (κ3) is 3.95. The molecule has 0 N–H and O–H groups in total. The van der Waals surface area contributed by atoms with E-state index < -0.39 is 0 Å². The number of hydrogen-bond acceptors (Lipinski definition) is 1. The lowest BCUT2D eigenvalue weighted by Crippen LogP contribution is -1.95. The minimum Gasteiger partial charge on any atom is -0.494 e. The second kappa shape index (κ2) is 7.49. The predicted octanol–water partition coefficient (Wildman–Crippen LogP) is 5.47. The van der Waals surface area contributed by atoms with Crippen molar-refractivity contribution in [2.45, 2.75) is 19.8 Å². The summed E-state index contributed by atoms with van der Waals surface area (Å²) in [7, 11) is 0. The zero-order valence-electron chi connectivity index (χ0n) is 11.7. The van der Waals surface area contributed by atoms with Crippen molar-refractivity contribution in [2.75, 3.05) is 6.61 Å². The maximum absolute atomic E-state index is 12.1. The lowest BCUT2D eigenvalue weighted by Gasteiger charge is -2.07. The van der Waals surface area contributed by atoms with Gasteiger partial charge in [-0.15, -0.1) is 0 Å². The Labute approximate surface area is 119 Å². The zero-order chi connectivity index (χ0) is 14.2. The van der Waals surface area contributed by atoms with Crippen molar-refractivity contribution < 1.29 is 9.13 Å². The quantitative estimate of drug-likeness (QED) is 0.632. The van der Waals surface area contributed by atoms with Gasteiger partial charge in [0.05, 0.1) is 12.9 Å². The fourth-order valence-electron chi connectivity index (χ4n) is 1.94. The van der Waals surface area contributed by atoms with E-state index >= 15 is 0 Å². The second-order valence-electron chi connectivity index (χ2n) is 4.64. The molecule has 0 aliphatic carbocycles. The van der Waals surface area contributed by atoms with Crippen molar-refractivity contribution in [3.05, 3.63) is 60.4 Å². The Balaban J connectivity index is 2.05. The van der Waals surface area contributed by atoms with Crippen LogP contribution in [0.4, 0.5) is 4.39 Å². The highest BCUT2D eigenvalue weighted by atomic mass is 19.1. The summed E-state index contributed by atoms with van der Waals surface area (Å²) in [5.41, 5.74) is 3.10. The lowest BCUT2D eigenvalue weighted by atomic mass is 10.0. The first-order valence-corrected chi connectivity index (χ1v) is 6.93. The first-order valence-electron chi connectivity index (χ1n) is 6.93. The Bertz CT molecular complexity index is 541. The molecule has 0 spiro atoms. The smallest absolute Gasteiger partial charge is 0.119 e. The van der Waals surface area contributed by atoms with Crippen LogP contribution in [0.1, 0.15) is 25.3 Å². The molecule has 0 aliphatic rings. The molecule has 2 aromatic carbocycles. The van der Waals surface area contributed by atoms with Crippen LogP contribution in [0.25, 0.3) is 17.2 Å². The van der Waals surface area contributed by atoms with Crippen LogP contribution in [0.15, 0.2) is 54.9 Å². The number of benzene rings is 2. The summed E-state index contributed by atoms with van der Waals surface area (Å²) in [6.45, 7) is 2.91. The predicted molar refractivity (Wildman–Crippen MR) is 82.4 cm³/mol. The minimum atomic E-state index is 0.553. The van der Waals surface area contributed by atoms with Gasteiger partial charge in [-0.2, -0.15) is 0 Å². The van der Waals surface area contributed by atoms with Crippen LogP contribution in [-0.2, 0) is 0 Å². The summed E-state index contributed by atoms with van der Waals surface area (Å²) in [4.78, 5) is 0. The monoisotopic (exact) mass is 270 g/mol. The zero-order valence-corrected chi connectivity index (χ0v) is 11.7. The van der Waals surface area contributed by atoms with Gasteiger partial charge in [-0.1, -0.05) is 49.7 Å². The Morgan fingerprint density at radius 2 is 1.55 bits per heavy atom. The maximum atomic E-state index is 12.1. The number of ether oxygens (including phenoxy) is 1. The molecule has 0 saturated heterocycles. The highest BCUT2D eigenvalue weighted by molar-refractivity contribution is 5.66. The Kier molecular flexibility index (Phi) is 5.36. The number of rotatable bonds is 6. The SMILES string of the molecule is CCCCOc1ccc(-c2ccc(C=CF)cc2)cc1. The van der Waals surface area contributed by atoms with Crippen LogP contribution in [0.5, 0.6) is 5.75 Å². The molecule has 0 radical (unpaired) electrons. The molecule has 0 heterocycles. The topological polar surface area (TPSA) is 9.23 Å². The van der Waals surface area contributed by atoms with Crippen molar-refractivity contribution in [3.8, 4) is 16.9 Å². The van der Waals surface area contributed by atoms with Gasteiger partial charge in [0.15, 0.2) is 0 Å². The van der Waals surface area contributed by atoms with E-state index in [1.54, 1.807) is 0 Å². The first kappa shape index (κ1) is 14.3. The van der Waals surface area contributed by atoms with Crippen molar-refractivity contribution in [3.63, 3.8) is 0 Å². The number of hydrogen-bond donors (Lipinski definition) is 0. The Hall–Kier alpha value is -2.09. The molecular formula is C18H19FO. The van der Waals surface area contributed by atoms with E-state index in [0.29, 0.717) is 6.33 Å². The summed E-state index contributed by atoms with van der Waals surface area (Å²) in [5, 5.41) is 0. The first-order chi connectivity index (χ1) is 9.83. The molecule has 2 aromatic rings. The molecule has 2 rings (SSSR count). The van der Waals surface area contributed by atoms with Crippen molar-refractivity contribution in [1.82, 2.24) is 0 Å². The average molecular weight is 270 g/mol. The van der Waals surface area contributed by atoms with Crippen LogP contribution in [0.3, 0.4) is 0 Å². The number of unbranched alkanes of at least 4 members (excludes halogenated alkanes) is 1. The molecule has 0 atom stereocenters. The molecule has 0 aromatic heterocycles.